The Kier molecular flexibility index (Phi) is 9.47. The number of aromatic nitrogens is 5. The molecule has 2 aromatic heterocycles. The van der Waals surface area contributed by atoms with Crippen molar-refractivity contribution < 1.29 is 19.4 Å². The number of rotatable bonds is 8. The number of hydrogen-bond donors (Lipinski definition) is 4. The number of nitrogens with two attached hydrogens (primary N) is 1. The zero-order chi connectivity index (χ0) is 31.4. The minimum absolute atomic E-state index is 0.000000000000000444. The maximum absolute atomic E-state index is 12.4. The Bertz CT molecular complexity index is 1810. The molecule has 230 valence electrons. The molecule has 0 saturated heterocycles. The van der Waals surface area contributed by atoms with Crippen molar-refractivity contribution in [1.29, 1.82) is 0 Å². The lowest BCUT2D eigenvalue weighted by Gasteiger charge is -2.34. The molecule has 2 saturated carbocycles. The van der Waals surface area contributed by atoms with E-state index in [1.807, 2.05) is 35.3 Å². The maximum Gasteiger partial charge on any atom is 0.349 e. The Morgan fingerprint density at radius 3 is 2.32 bits per heavy atom. The van der Waals surface area contributed by atoms with Gasteiger partial charge in [0, 0.05) is 11.6 Å². The van der Waals surface area contributed by atoms with Crippen molar-refractivity contribution in [2.75, 3.05) is 5.73 Å². The van der Waals surface area contributed by atoms with Gasteiger partial charge in [0.2, 0.25) is 11.7 Å². The largest absolute Gasteiger partial charge is 0.481 e. The molecular formula is C29H28Cl2N6O7. The van der Waals surface area contributed by atoms with Crippen LogP contribution in [0.3, 0.4) is 0 Å². The summed E-state index contributed by atoms with van der Waals surface area (Å²) in [6.07, 6.45) is 4.35. The molecule has 0 spiro atoms. The molecule has 0 atom stereocenters. The van der Waals surface area contributed by atoms with Gasteiger partial charge in [-0.25, -0.2) is 9.89 Å². The SMILES string of the molecule is Nc1nn(-c2cc(Cl)c(Oc3cc(C4CC(OCc5ccccc5)C4)c(=O)[nH]n3)c(Cl)c2)c(=O)[nH]c1=O.O=C(O)C1CCC1. The number of hydrogen-bond acceptors (Lipinski definition) is 9. The summed E-state index contributed by atoms with van der Waals surface area (Å²) in [6, 6.07) is 14.2. The van der Waals surface area contributed by atoms with Crippen LogP contribution < -0.4 is 27.3 Å². The van der Waals surface area contributed by atoms with E-state index in [-0.39, 0.29) is 50.9 Å². The lowest BCUT2D eigenvalue weighted by atomic mass is 9.78. The number of anilines is 1. The van der Waals surface area contributed by atoms with Gasteiger partial charge in [-0.15, -0.1) is 10.2 Å². The predicted molar refractivity (Wildman–Crippen MR) is 162 cm³/mol. The van der Waals surface area contributed by atoms with Crippen LogP contribution in [0.2, 0.25) is 10.0 Å². The van der Waals surface area contributed by atoms with Crippen molar-refractivity contribution >= 4 is 35.0 Å². The van der Waals surface area contributed by atoms with Gasteiger partial charge in [-0.2, -0.15) is 4.68 Å². The van der Waals surface area contributed by atoms with Crippen LogP contribution in [0.1, 0.15) is 49.1 Å². The van der Waals surface area contributed by atoms with Crippen LogP contribution in [-0.4, -0.2) is 42.1 Å². The summed E-state index contributed by atoms with van der Waals surface area (Å²) in [5.74, 6) is -0.886. The van der Waals surface area contributed by atoms with Crippen molar-refractivity contribution in [3.8, 4) is 17.3 Å². The number of carbonyl (C=O) groups is 1. The fourth-order valence-corrected chi connectivity index (χ4v) is 5.17. The van der Waals surface area contributed by atoms with Gasteiger partial charge in [0.05, 0.1) is 34.4 Å². The zero-order valence-electron chi connectivity index (χ0n) is 23.2. The summed E-state index contributed by atoms with van der Waals surface area (Å²) in [5, 5.41) is 18.4. The first-order valence-corrected chi connectivity index (χ1v) is 14.5. The monoisotopic (exact) mass is 642 g/mol. The minimum Gasteiger partial charge on any atom is -0.481 e. The Hall–Kier alpha value is -4.46. The highest BCUT2D eigenvalue weighted by molar-refractivity contribution is 6.37. The fourth-order valence-electron chi connectivity index (χ4n) is 4.61. The quantitative estimate of drug-likeness (QED) is 0.218. The number of aliphatic carboxylic acids is 1. The highest BCUT2D eigenvalue weighted by Crippen LogP contribution is 2.40. The van der Waals surface area contributed by atoms with Crippen molar-refractivity contribution in [3.63, 3.8) is 0 Å². The predicted octanol–water partition coefficient (Wildman–Crippen LogP) is 4.02. The molecule has 2 aliphatic carbocycles. The lowest BCUT2D eigenvalue weighted by molar-refractivity contribution is -0.144. The number of nitrogens with one attached hydrogen (secondary N) is 2. The third-order valence-corrected chi connectivity index (χ3v) is 7.98. The molecule has 0 bridgehead atoms. The van der Waals surface area contributed by atoms with Gasteiger partial charge >= 0.3 is 11.7 Å². The summed E-state index contributed by atoms with van der Waals surface area (Å²) in [5.41, 5.74) is 5.33. The Labute approximate surface area is 259 Å². The number of benzene rings is 2. The molecule has 0 radical (unpaired) electrons. The standard InChI is InChI=1S/C24H20Cl2N6O5.C5H8O2/c25-17-8-14(32-24(35)28-23(34)21(27)31-32)9-18(26)20(17)37-19-10-16(22(33)30-29-19)13-6-15(7-13)36-11-12-4-2-1-3-5-12;6-5(7)4-2-1-3-4/h1-5,8-10,13,15H,6-7,11H2,(H2,27,31)(H,30,33)(H,28,34,35);4H,1-3H2,(H,6,7). The molecule has 0 amide bonds. The average Bonchev–Trinajstić information content (AvgIpc) is 2.93. The number of halogens is 2. The first-order valence-electron chi connectivity index (χ1n) is 13.7. The first kappa shape index (κ1) is 31.0. The Morgan fingerprint density at radius 1 is 1.05 bits per heavy atom. The van der Waals surface area contributed by atoms with E-state index in [1.54, 1.807) is 6.07 Å². The van der Waals surface area contributed by atoms with Gasteiger partial charge in [0.15, 0.2) is 5.75 Å². The third-order valence-electron chi connectivity index (χ3n) is 7.41. The Morgan fingerprint density at radius 2 is 1.73 bits per heavy atom. The molecular weight excluding hydrogens is 615 g/mol. The molecule has 5 N–H and O–H groups in total. The lowest BCUT2D eigenvalue weighted by Crippen LogP contribution is -2.33. The first-order chi connectivity index (χ1) is 21.1. The smallest absolute Gasteiger partial charge is 0.349 e. The average molecular weight is 643 g/mol. The maximum atomic E-state index is 12.4. The van der Waals surface area contributed by atoms with E-state index in [1.165, 1.54) is 12.1 Å². The molecule has 2 aliphatic rings. The van der Waals surface area contributed by atoms with Crippen molar-refractivity contribution in [1.82, 2.24) is 25.0 Å². The molecule has 2 fully saturated rings. The minimum atomic E-state index is -0.821. The van der Waals surface area contributed by atoms with Gasteiger partial charge in [0.25, 0.3) is 11.1 Å². The van der Waals surface area contributed by atoms with E-state index in [9.17, 15) is 19.2 Å². The number of ether oxygens (including phenoxy) is 2. The molecule has 4 aromatic rings. The van der Waals surface area contributed by atoms with Crippen LogP contribution in [0, 0.1) is 5.92 Å². The molecule has 15 heteroatoms. The van der Waals surface area contributed by atoms with Crippen LogP contribution in [0.15, 0.2) is 62.9 Å². The summed E-state index contributed by atoms with van der Waals surface area (Å²) >= 11 is 12.7. The van der Waals surface area contributed by atoms with Crippen LogP contribution in [0.5, 0.6) is 11.6 Å². The summed E-state index contributed by atoms with van der Waals surface area (Å²) < 4.78 is 12.6. The van der Waals surface area contributed by atoms with Gasteiger partial charge < -0.3 is 20.3 Å². The van der Waals surface area contributed by atoms with Gasteiger partial charge in [0.1, 0.15) is 0 Å². The van der Waals surface area contributed by atoms with Crippen molar-refractivity contribution in [3.05, 3.63) is 101 Å². The van der Waals surface area contributed by atoms with Gasteiger partial charge in [-0.1, -0.05) is 60.0 Å². The van der Waals surface area contributed by atoms with E-state index in [2.05, 4.69) is 15.3 Å². The van der Waals surface area contributed by atoms with Crippen LogP contribution in [0.4, 0.5) is 5.82 Å². The molecule has 6 rings (SSSR count). The second-order valence-corrected chi connectivity index (χ2v) is 11.3. The molecule has 44 heavy (non-hydrogen) atoms. The molecule has 2 aromatic carbocycles. The van der Waals surface area contributed by atoms with E-state index in [4.69, 9.17) is 43.5 Å². The number of aromatic amines is 2. The normalized spacial score (nSPS) is 17.5. The van der Waals surface area contributed by atoms with Gasteiger partial charge in [-0.3, -0.25) is 19.4 Å². The Balaban J connectivity index is 0.000000484. The van der Waals surface area contributed by atoms with Crippen LogP contribution in [-0.2, 0) is 16.1 Å². The van der Waals surface area contributed by atoms with Crippen LogP contribution in [0.25, 0.3) is 5.69 Å². The van der Waals surface area contributed by atoms with E-state index in [0.717, 1.165) is 29.5 Å². The number of carboxylic acids is 1. The van der Waals surface area contributed by atoms with Gasteiger partial charge in [-0.05, 0) is 49.3 Å². The second kappa shape index (κ2) is 13.5. The second-order valence-electron chi connectivity index (χ2n) is 10.4. The summed E-state index contributed by atoms with van der Waals surface area (Å²) in [6.45, 7) is 0.513. The number of nitrogens with zero attached hydrogens (tertiary/aromatic N) is 3. The molecule has 2 heterocycles. The molecule has 0 unspecified atom stereocenters. The van der Waals surface area contributed by atoms with E-state index in [0.29, 0.717) is 25.0 Å². The molecule has 13 nitrogen and oxygen atoms in total. The summed E-state index contributed by atoms with van der Waals surface area (Å²) in [4.78, 5) is 48.0. The fraction of sp³-hybridized carbons (Fsp3) is 0.310. The van der Waals surface area contributed by atoms with Crippen LogP contribution >= 0.6 is 23.2 Å². The highest BCUT2D eigenvalue weighted by atomic mass is 35.5. The van der Waals surface area contributed by atoms with Crippen molar-refractivity contribution in [2.24, 2.45) is 5.92 Å². The summed E-state index contributed by atoms with van der Waals surface area (Å²) in [7, 11) is 0. The van der Waals surface area contributed by atoms with E-state index < -0.39 is 23.0 Å². The number of nitrogen functional groups attached to an aromatic ring is 1. The van der Waals surface area contributed by atoms with E-state index >= 15 is 0 Å². The number of H-pyrrole nitrogens is 2. The topological polar surface area (TPSA) is 195 Å². The van der Waals surface area contributed by atoms with Crippen molar-refractivity contribution in [2.45, 2.75) is 50.7 Å². The third kappa shape index (κ3) is 7.18. The zero-order valence-corrected chi connectivity index (χ0v) is 24.7. The number of carboxylic acid groups (broad SMARTS) is 1. The highest BCUT2D eigenvalue weighted by Gasteiger charge is 2.33. The molecule has 0 aliphatic heterocycles.